The molecule has 0 spiro atoms. The third-order valence-electron chi connectivity index (χ3n) is 3.44. The lowest BCUT2D eigenvalue weighted by Crippen LogP contribution is -2.41. The maximum Gasteiger partial charge on any atom is 0.243 e. The van der Waals surface area contributed by atoms with Gasteiger partial charge in [0.15, 0.2) is 0 Å². The average molecular weight is 282 g/mol. The number of carbonyl (C=O) groups is 1. The summed E-state index contributed by atoms with van der Waals surface area (Å²) in [5.74, 6) is -1.31. The van der Waals surface area contributed by atoms with Crippen molar-refractivity contribution in [2.45, 2.75) is 37.1 Å². The molecule has 1 fully saturated rings. The fraction of sp³-hybridized carbons (Fsp3) is 0.462. The maximum absolute atomic E-state index is 12.4. The number of piperidine rings is 1. The van der Waals surface area contributed by atoms with Crippen LogP contribution in [0, 0.1) is 0 Å². The van der Waals surface area contributed by atoms with Crippen LogP contribution in [0.1, 0.15) is 36.5 Å². The van der Waals surface area contributed by atoms with Crippen molar-refractivity contribution in [1.82, 2.24) is 4.31 Å². The van der Waals surface area contributed by atoms with Crippen molar-refractivity contribution in [2.75, 3.05) is 6.54 Å². The Bertz CT molecular complexity index is 565. The predicted molar refractivity (Wildman–Crippen MR) is 68.0 cm³/mol. The molecule has 104 valence electrons. The van der Waals surface area contributed by atoms with Crippen molar-refractivity contribution in [3.05, 3.63) is 29.8 Å². The Balaban J connectivity index is 2.30. The number of carboxylic acids is 1. The minimum absolute atomic E-state index is 0.0143. The number of carboxylic acid groups (broad SMARTS) is 1. The molecule has 1 aromatic carbocycles. The largest absolute Gasteiger partial charge is 0.545 e. The summed E-state index contributed by atoms with van der Waals surface area (Å²) in [6.07, 6.45) is 2.76. The van der Waals surface area contributed by atoms with Crippen LogP contribution < -0.4 is 5.11 Å². The minimum atomic E-state index is -3.53. The highest BCUT2D eigenvalue weighted by molar-refractivity contribution is 7.89. The molecule has 19 heavy (non-hydrogen) atoms. The number of benzene rings is 1. The number of aromatic carboxylic acids is 1. The van der Waals surface area contributed by atoms with Crippen molar-refractivity contribution < 1.29 is 18.3 Å². The Morgan fingerprint density at radius 3 is 2.42 bits per heavy atom. The summed E-state index contributed by atoms with van der Waals surface area (Å²) in [5.41, 5.74) is -0.0226. The third-order valence-corrected chi connectivity index (χ3v) is 5.47. The Hall–Kier alpha value is -1.40. The fourth-order valence-electron chi connectivity index (χ4n) is 2.33. The third kappa shape index (κ3) is 2.79. The highest BCUT2D eigenvalue weighted by Gasteiger charge is 2.30. The van der Waals surface area contributed by atoms with Crippen LogP contribution in [-0.4, -0.2) is 31.3 Å². The number of rotatable bonds is 3. The molecule has 6 heteroatoms. The Kier molecular flexibility index (Phi) is 3.91. The molecule has 5 nitrogen and oxygen atoms in total. The quantitative estimate of drug-likeness (QED) is 0.814. The molecule has 0 amide bonds. The van der Waals surface area contributed by atoms with E-state index in [0.29, 0.717) is 6.54 Å². The van der Waals surface area contributed by atoms with Gasteiger partial charge in [0, 0.05) is 12.6 Å². The summed E-state index contributed by atoms with van der Waals surface area (Å²) in [4.78, 5) is 10.8. The summed E-state index contributed by atoms with van der Waals surface area (Å²) in [6, 6.07) is 5.15. The maximum atomic E-state index is 12.4. The van der Waals surface area contributed by atoms with Crippen LogP contribution in [-0.2, 0) is 10.0 Å². The summed E-state index contributed by atoms with van der Waals surface area (Å²) >= 11 is 0. The smallest absolute Gasteiger partial charge is 0.243 e. The number of hydrogen-bond donors (Lipinski definition) is 0. The molecule has 1 aromatic rings. The van der Waals surface area contributed by atoms with Gasteiger partial charge >= 0.3 is 0 Å². The molecule has 0 saturated carbocycles. The van der Waals surface area contributed by atoms with Gasteiger partial charge in [0.05, 0.1) is 10.9 Å². The number of carbonyl (C=O) groups excluding carboxylic acids is 1. The van der Waals surface area contributed by atoms with E-state index in [1.807, 2.05) is 6.92 Å². The van der Waals surface area contributed by atoms with Crippen molar-refractivity contribution in [3.63, 3.8) is 0 Å². The van der Waals surface area contributed by atoms with Crippen LogP contribution in [0.2, 0.25) is 0 Å². The van der Waals surface area contributed by atoms with Crippen LogP contribution in [0.25, 0.3) is 0 Å². The van der Waals surface area contributed by atoms with Gasteiger partial charge < -0.3 is 9.90 Å². The Morgan fingerprint density at radius 1 is 1.26 bits per heavy atom. The topological polar surface area (TPSA) is 77.5 Å². The second-order valence-corrected chi connectivity index (χ2v) is 6.66. The molecule has 1 aliphatic heterocycles. The normalized spacial score (nSPS) is 21.2. The van der Waals surface area contributed by atoms with Gasteiger partial charge in [-0.3, -0.25) is 0 Å². The minimum Gasteiger partial charge on any atom is -0.545 e. The van der Waals surface area contributed by atoms with E-state index in [9.17, 15) is 18.3 Å². The number of sulfonamides is 1. The first-order chi connectivity index (χ1) is 8.93. The van der Waals surface area contributed by atoms with Gasteiger partial charge in [-0.2, -0.15) is 4.31 Å². The summed E-state index contributed by atoms with van der Waals surface area (Å²) < 4.78 is 26.4. The second kappa shape index (κ2) is 5.30. The van der Waals surface area contributed by atoms with Gasteiger partial charge in [-0.25, -0.2) is 8.42 Å². The van der Waals surface area contributed by atoms with Crippen LogP contribution in [0.3, 0.4) is 0 Å². The highest BCUT2D eigenvalue weighted by Crippen LogP contribution is 2.25. The van der Waals surface area contributed by atoms with Crippen LogP contribution in [0.15, 0.2) is 29.2 Å². The van der Waals surface area contributed by atoms with E-state index in [4.69, 9.17) is 0 Å². The lowest BCUT2D eigenvalue weighted by atomic mass is 10.1. The molecule has 1 atom stereocenters. The highest BCUT2D eigenvalue weighted by atomic mass is 32.2. The Labute approximate surface area is 112 Å². The molecule has 1 saturated heterocycles. The molecular formula is C13H16NO4S-. The Morgan fingerprint density at radius 2 is 1.89 bits per heavy atom. The van der Waals surface area contributed by atoms with Crippen molar-refractivity contribution >= 4 is 16.0 Å². The molecule has 0 aromatic heterocycles. The van der Waals surface area contributed by atoms with E-state index in [2.05, 4.69) is 0 Å². The lowest BCUT2D eigenvalue weighted by Gasteiger charge is -2.32. The van der Waals surface area contributed by atoms with Crippen molar-refractivity contribution in [3.8, 4) is 0 Å². The summed E-state index contributed by atoms with van der Waals surface area (Å²) in [5, 5.41) is 10.6. The van der Waals surface area contributed by atoms with E-state index in [1.165, 1.54) is 28.6 Å². The second-order valence-electron chi connectivity index (χ2n) is 4.77. The first kappa shape index (κ1) is 14.0. The predicted octanol–water partition coefficient (Wildman–Crippen LogP) is 0.613. The monoisotopic (exact) mass is 282 g/mol. The van der Waals surface area contributed by atoms with Crippen LogP contribution in [0.4, 0.5) is 0 Å². The molecule has 0 bridgehead atoms. The first-order valence-electron chi connectivity index (χ1n) is 6.26. The van der Waals surface area contributed by atoms with E-state index >= 15 is 0 Å². The van der Waals surface area contributed by atoms with Crippen LogP contribution in [0.5, 0.6) is 0 Å². The average Bonchev–Trinajstić information content (AvgIpc) is 2.39. The number of nitrogens with zero attached hydrogens (tertiary/aromatic N) is 1. The SMILES string of the molecule is C[C@@H]1CCCCN1S(=O)(=O)c1ccc(C(=O)[O-])cc1. The molecule has 2 rings (SSSR count). The zero-order chi connectivity index (χ0) is 14.0. The van der Waals surface area contributed by atoms with Gasteiger partial charge in [0.25, 0.3) is 0 Å². The molecule has 0 aliphatic carbocycles. The van der Waals surface area contributed by atoms with Gasteiger partial charge in [0.1, 0.15) is 0 Å². The van der Waals surface area contributed by atoms with Gasteiger partial charge in [-0.1, -0.05) is 18.6 Å². The summed E-state index contributed by atoms with van der Waals surface area (Å²) in [6.45, 7) is 2.41. The molecule has 1 heterocycles. The summed E-state index contributed by atoms with van der Waals surface area (Å²) in [7, 11) is -3.53. The molecule has 0 unspecified atom stereocenters. The zero-order valence-corrected chi connectivity index (χ0v) is 11.5. The number of hydrogen-bond acceptors (Lipinski definition) is 4. The van der Waals surface area contributed by atoms with Crippen molar-refractivity contribution in [1.29, 1.82) is 0 Å². The molecule has 1 aliphatic rings. The van der Waals surface area contributed by atoms with Crippen LogP contribution >= 0.6 is 0 Å². The zero-order valence-electron chi connectivity index (χ0n) is 10.7. The molecular weight excluding hydrogens is 266 g/mol. The first-order valence-corrected chi connectivity index (χ1v) is 7.70. The van der Waals surface area contributed by atoms with Gasteiger partial charge in [-0.05, 0) is 37.5 Å². The van der Waals surface area contributed by atoms with Crippen molar-refractivity contribution in [2.24, 2.45) is 0 Å². The van der Waals surface area contributed by atoms with E-state index in [0.717, 1.165) is 19.3 Å². The van der Waals surface area contributed by atoms with E-state index in [1.54, 1.807) is 0 Å². The van der Waals surface area contributed by atoms with E-state index < -0.39 is 16.0 Å². The fourth-order valence-corrected chi connectivity index (χ4v) is 4.03. The van der Waals surface area contributed by atoms with E-state index in [-0.39, 0.29) is 16.5 Å². The lowest BCUT2D eigenvalue weighted by molar-refractivity contribution is -0.255. The molecule has 0 radical (unpaired) electrons. The van der Waals surface area contributed by atoms with Gasteiger partial charge in [0.2, 0.25) is 10.0 Å². The van der Waals surface area contributed by atoms with Gasteiger partial charge in [-0.15, -0.1) is 0 Å². The molecule has 0 N–H and O–H groups in total. The standard InChI is InChI=1S/C13H17NO4S/c1-10-4-2-3-9-14(10)19(17,18)12-7-5-11(6-8-12)13(15)16/h5-8,10H,2-4,9H2,1H3,(H,15,16)/p-1/t10-/m1/s1.